The van der Waals surface area contributed by atoms with Crippen molar-refractivity contribution in [3.8, 4) is 0 Å². The van der Waals surface area contributed by atoms with Crippen molar-refractivity contribution < 1.29 is 9.18 Å². The van der Waals surface area contributed by atoms with Gasteiger partial charge < -0.3 is 5.32 Å². The molecule has 0 unspecified atom stereocenters. The van der Waals surface area contributed by atoms with Crippen LogP contribution < -0.4 is 5.32 Å². The Hall–Kier alpha value is -1.81. The highest BCUT2D eigenvalue weighted by Gasteiger charge is 2.08. The van der Waals surface area contributed by atoms with Crippen molar-refractivity contribution in [3.05, 3.63) is 65.5 Å². The van der Waals surface area contributed by atoms with E-state index in [1.165, 1.54) is 12.1 Å². The molecule has 0 aliphatic carbocycles. The predicted molar refractivity (Wildman–Crippen MR) is 78.0 cm³/mol. The monoisotopic (exact) mass is 275 g/mol. The number of carbonyl (C=O) groups excluding carboxylic acids is 1. The van der Waals surface area contributed by atoms with Gasteiger partial charge in [-0.05, 0) is 36.1 Å². The highest BCUT2D eigenvalue weighted by atomic mass is 32.2. The van der Waals surface area contributed by atoms with Crippen LogP contribution >= 0.6 is 11.8 Å². The quantitative estimate of drug-likeness (QED) is 0.915. The minimum absolute atomic E-state index is 0.195. The zero-order valence-electron chi connectivity index (χ0n) is 10.5. The topological polar surface area (TPSA) is 29.1 Å². The van der Waals surface area contributed by atoms with Gasteiger partial charge in [0.1, 0.15) is 5.82 Å². The molecule has 0 atom stereocenters. The van der Waals surface area contributed by atoms with Gasteiger partial charge in [0.2, 0.25) is 0 Å². The van der Waals surface area contributed by atoms with E-state index in [0.29, 0.717) is 5.56 Å². The van der Waals surface area contributed by atoms with Gasteiger partial charge in [-0.3, -0.25) is 4.79 Å². The van der Waals surface area contributed by atoms with Gasteiger partial charge in [0.15, 0.2) is 0 Å². The lowest BCUT2D eigenvalue weighted by atomic mass is 10.1. The summed E-state index contributed by atoms with van der Waals surface area (Å²) >= 11 is 1.72. The van der Waals surface area contributed by atoms with E-state index in [1.54, 1.807) is 36.0 Å². The maximum atomic E-state index is 13.4. The summed E-state index contributed by atoms with van der Waals surface area (Å²) in [6, 6.07) is 13.4. The van der Waals surface area contributed by atoms with Crippen LogP contribution in [0.25, 0.3) is 0 Å². The Bertz CT molecular complexity index is 569. The van der Waals surface area contributed by atoms with Crippen LogP contribution in [0.3, 0.4) is 0 Å². The lowest BCUT2D eigenvalue weighted by Crippen LogP contribution is -2.12. The maximum absolute atomic E-state index is 13.4. The third kappa shape index (κ3) is 3.58. The molecule has 98 valence electrons. The second-order valence-electron chi connectivity index (χ2n) is 4.06. The molecule has 0 fully saturated rings. The fraction of sp³-hybridized carbons (Fsp3) is 0.133. The van der Waals surface area contributed by atoms with Crippen molar-refractivity contribution in [1.29, 1.82) is 0 Å². The van der Waals surface area contributed by atoms with E-state index in [0.717, 1.165) is 11.3 Å². The number of carbonyl (C=O) groups is 1. The highest BCUT2D eigenvalue weighted by molar-refractivity contribution is 7.97. The number of para-hydroxylation sites is 1. The van der Waals surface area contributed by atoms with Crippen molar-refractivity contribution in [2.75, 3.05) is 11.6 Å². The first-order valence-corrected chi connectivity index (χ1v) is 7.24. The lowest BCUT2D eigenvalue weighted by Gasteiger charge is -2.06. The Labute approximate surface area is 116 Å². The lowest BCUT2D eigenvalue weighted by molar-refractivity contribution is 0.102. The molecule has 0 bridgehead atoms. The normalized spacial score (nSPS) is 10.2. The molecule has 0 aliphatic rings. The summed E-state index contributed by atoms with van der Waals surface area (Å²) in [5.41, 5.74) is 1.88. The van der Waals surface area contributed by atoms with E-state index in [-0.39, 0.29) is 11.6 Å². The van der Waals surface area contributed by atoms with Gasteiger partial charge in [-0.25, -0.2) is 4.39 Å². The van der Waals surface area contributed by atoms with E-state index in [2.05, 4.69) is 5.32 Å². The van der Waals surface area contributed by atoms with E-state index in [1.807, 2.05) is 18.4 Å². The van der Waals surface area contributed by atoms with Crippen molar-refractivity contribution in [2.45, 2.75) is 5.75 Å². The van der Waals surface area contributed by atoms with E-state index in [9.17, 15) is 9.18 Å². The molecule has 0 heterocycles. The SMILES string of the molecule is CSCc1ccc(C(=O)Nc2ccccc2F)cc1. The number of hydrogen-bond acceptors (Lipinski definition) is 2. The Morgan fingerprint density at radius 2 is 1.84 bits per heavy atom. The van der Waals surface area contributed by atoms with Crippen LogP contribution in [0.2, 0.25) is 0 Å². The molecule has 2 rings (SSSR count). The molecule has 0 saturated heterocycles. The van der Waals surface area contributed by atoms with Crippen LogP contribution in [0.1, 0.15) is 15.9 Å². The molecule has 2 nitrogen and oxygen atoms in total. The highest BCUT2D eigenvalue weighted by Crippen LogP contribution is 2.15. The Morgan fingerprint density at radius 3 is 2.47 bits per heavy atom. The van der Waals surface area contributed by atoms with Crippen molar-refractivity contribution in [2.24, 2.45) is 0 Å². The van der Waals surface area contributed by atoms with Crippen LogP contribution in [-0.4, -0.2) is 12.2 Å². The number of halogens is 1. The number of benzene rings is 2. The average Bonchev–Trinajstić information content (AvgIpc) is 2.42. The minimum Gasteiger partial charge on any atom is -0.319 e. The van der Waals surface area contributed by atoms with Gasteiger partial charge in [0.05, 0.1) is 5.69 Å². The number of nitrogens with one attached hydrogen (secondary N) is 1. The van der Waals surface area contributed by atoms with E-state index in [4.69, 9.17) is 0 Å². The molecule has 0 aliphatic heterocycles. The Balaban J connectivity index is 2.10. The Kier molecular flexibility index (Phi) is 4.58. The molecule has 2 aromatic carbocycles. The van der Waals surface area contributed by atoms with Gasteiger partial charge in [-0.15, -0.1) is 0 Å². The van der Waals surface area contributed by atoms with E-state index >= 15 is 0 Å². The molecule has 19 heavy (non-hydrogen) atoms. The summed E-state index contributed by atoms with van der Waals surface area (Å²) in [6.45, 7) is 0. The maximum Gasteiger partial charge on any atom is 0.255 e. The third-order valence-electron chi connectivity index (χ3n) is 2.65. The first-order chi connectivity index (χ1) is 9.20. The largest absolute Gasteiger partial charge is 0.319 e. The fourth-order valence-electron chi connectivity index (χ4n) is 1.68. The van der Waals surface area contributed by atoms with Crippen molar-refractivity contribution in [3.63, 3.8) is 0 Å². The van der Waals surface area contributed by atoms with Gasteiger partial charge >= 0.3 is 0 Å². The molecular formula is C15H14FNOS. The summed E-state index contributed by atoms with van der Waals surface area (Å²) in [7, 11) is 0. The van der Waals surface area contributed by atoms with Crippen LogP contribution in [0.5, 0.6) is 0 Å². The molecule has 1 N–H and O–H groups in total. The molecule has 0 saturated carbocycles. The van der Waals surface area contributed by atoms with Crippen LogP contribution in [0, 0.1) is 5.82 Å². The van der Waals surface area contributed by atoms with Crippen molar-refractivity contribution in [1.82, 2.24) is 0 Å². The van der Waals surface area contributed by atoms with Crippen LogP contribution in [-0.2, 0) is 5.75 Å². The van der Waals surface area contributed by atoms with Gasteiger partial charge in [-0.2, -0.15) is 11.8 Å². The molecular weight excluding hydrogens is 261 g/mol. The molecule has 0 radical (unpaired) electrons. The standard InChI is InChI=1S/C15H14FNOS/c1-19-10-11-6-8-12(9-7-11)15(18)17-14-5-3-2-4-13(14)16/h2-9H,10H2,1H3,(H,17,18). The molecule has 0 spiro atoms. The zero-order valence-corrected chi connectivity index (χ0v) is 11.3. The molecule has 4 heteroatoms. The number of amides is 1. The predicted octanol–water partition coefficient (Wildman–Crippen LogP) is 3.94. The van der Waals surface area contributed by atoms with Crippen molar-refractivity contribution >= 4 is 23.4 Å². The first-order valence-electron chi connectivity index (χ1n) is 5.84. The van der Waals surface area contributed by atoms with Crippen LogP contribution in [0.15, 0.2) is 48.5 Å². The van der Waals surface area contributed by atoms with E-state index < -0.39 is 5.82 Å². The Morgan fingerprint density at radius 1 is 1.16 bits per heavy atom. The number of rotatable bonds is 4. The molecule has 2 aromatic rings. The number of thioether (sulfide) groups is 1. The molecule has 0 aromatic heterocycles. The zero-order chi connectivity index (χ0) is 13.7. The van der Waals surface area contributed by atoms with Crippen LogP contribution in [0.4, 0.5) is 10.1 Å². The second-order valence-corrected chi connectivity index (χ2v) is 4.93. The third-order valence-corrected chi connectivity index (χ3v) is 3.27. The number of anilines is 1. The summed E-state index contributed by atoms with van der Waals surface area (Å²) in [4.78, 5) is 12.0. The summed E-state index contributed by atoms with van der Waals surface area (Å²) in [5.74, 6) is 0.172. The summed E-state index contributed by atoms with van der Waals surface area (Å²) in [6.07, 6.45) is 2.03. The summed E-state index contributed by atoms with van der Waals surface area (Å²) in [5, 5.41) is 2.56. The van der Waals surface area contributed by atoms with Gasteiger partial charge in [0, 0.05) is 11.3 Å². The number of hydrogen-bond donors (Lipinski definition) is 1. The minimum atomic E-state index is -0.435. The molecule has 1 amide bonds. The summed E-state index contributed by atoms with van der Waals surface area (Å²) < 4.78 is 13.4. The second kappa shape index (κ2) is 6.38. The van der Waals surface area contributed by atoms with Gasteiger partial charge in [0.25, 0.3) is 5.91 Å². The fourth-order valence-corrected chi connectivity index (χ4v) is 2.20. The van der Waals surface area contributed by atoms with Gasteiger partial charge in [-0.1, -0.05) is 24.3 Å². The first kappa shape index (κ1) is 13.6. The average molecular weight is 275 g/mol. The smallest absolute Gasteiger partial charge is 0.255 e.